The van der Waals surface area contributed by atoms with Crippen LogP contribution in [-0.2, 0) is 11.3 Å². The Bertz CT molecular complexity index is 672. The first-order chi connectivity index (χ1) is 11.7. The van der Waals surface area contributed by atoms with Crippen LogP contribution in [0, 0.1) is 0 Å². The Hall–Kier alpha value is -2.11. The van der Waals surface area contributed by atoms with E-state index in [0.717, 1.165) is 42.6 Å². The van der Waals surface area contributed by atoms with Gasteiger partial charge in [0.15, 0.2) is 0 Å². The molecule has 2 heterocycles. The van der Waals surface area contributed by atoms with Crippen LogP contribution in [-0.4, -0.2) is 48.5 Å². The van der Waals surface area contributed by atoms with E-state index in [9.17, 15) is 4.79 Å². The Labute approximate surface area is 147 Å². The summed E-state index contributed by atoms with van der Waals surface area (Å²) in [5.41, 5.74) is 2.01. The average Bonchev–Trinajstić information content (AvgIpc) is 2.61. The van der Waals surface area contributed by atoms with Crippen molar-refractivity contribution in [1.82, 2.24) is 15.2 Å². The van der Waals surface area contributed by atoms with Crippen LogP contribution in [0.15, 0.2) is 48.7 Å². The molecule has 1 aromatic heterocycles. The number of amides is 1. The fourth-order valence-electron chi connectivity index (χ4n) is 2.79. The van der Waals surface area contributed by atoms with E-state index in [-0.39, 0.29) is 5.91 Å². The Morgan fingerprint density at radius 2 is 1.96 bits per heavy atom. The number of hydrogen-bond donors (Lipinski definition) is 1. The van der Waals surface area contributed by atoms with Gasteiger partial charge in [0.05, 0.1) is 18.8 Å². The summed E-state index contributed by atoms with van der Waals surface area (Å²) < 4.78 is 0. The summed E-state index contributed by atoms with van der Waals surface area (Å²) in [6.07, 6.45) is 1.73. The predicted octanol–water partition coefficient (Wildman–Crippen LogP) is 2.17. The zero-order valence-electron chi connectivity index (χ0n) is 13.5. The van der Waals surface area contributed by atoms with Crippen molar-refractivity contribution in [3.63, 3.8) is 0 Å². The summed E-state index contributed by atoms with van der Waals surface area (Å²) in [5, 5.41) is 3.68. The van der Waals surface area contributed by atoms with Gasteiger partial charge >= 0.3 is 0 Å². The second kappa shape index (κ2) is 8.13. The minimum Gasteiger partial charge on any atom is -0.369 e. The minimum atomic E-state index is 0.0388. The highest BCUT2D eigenvalue weighted by molar-refractivity contribution is 6.30. The monoisotopic (exact) mass is 344 g/mol. The highest BCUT2D eigenvalue weighted by Gasteiger charge is 2.19. The third-order valence-electron chi connectivity index (χ3n) is 4.11. The van der Waals surface area contributed by atoms with Crippen molar-refractivity contribution in [1.29, 1.82) is 0 Å². The number of carbonyl (C=O) groups excluding carboxylic acids is 1. The number of hydrogen-bond acceptors (Lipinski definition) is 4. The summed E-state index contributed by atoms with van der Waals surface area (Å²) in [7, 11) is 0. The number of anilines is 1. The smallest absolute Gasteiger partial charge is 0.234 e. The zero-order chi connectivity index (χ0) is 16.8. The number of nitrogens with zero attached hydrogens (tertiary/aromatic N) is 3. The lowest BCUT2D eigenvalue weighted by atomic mass is 10.2. The van der Waals surface area contributed by atoms with Crippen molar-refractivity contribution < 1.29 is 4.79 Å². The number of piperazine rings is 1. The first-order valence-corrected chi connectivity index (χ1v) is 8.48. The highest BCUT2D eigenvalue weighted by atomic mass is 35.5. The Balaban J connectivity index is 1.42. The van der Waals surface area contributed by atoms with Gasteiger partial charge in [-0.25, -0.2) is 0 Å². The van der Waals surface area contributed by atoms with Gasteiger partial charge in [-0.15, -0.1) is 0 Å². The van der Waals surface area contributed by atoms with Gasteiger partial charge in [-0.05, 0) is 30.3 Å². The molecule has 0 bridgehead atoms. The first-order valence-electron chi connectivity index (χ1n) is 8.10. The van der Waals surface area contributed by atoms with Crippen LogP contribution in [0.1, 0.15) is 5.69 Å². The first kappa shape index (κ1) is 16.7. The molecule has 2 aromatic rings. The van der Waals surface area contributed by atoms with Crippen molar-refractivity contribution in [2.75, 3.05) is 37.6 Å². The molecule has 1 aliphatic heterocycles. The van der Waals surface area contributed by atoms with E-state index in [1.165, 1.54) is 0 Å². The maximum absolute atomic E-state index is 12.1. The molecule has 0 atom stereocenters. The maximum Gasteiger partial charge on any atom is 0.234 e. The number of benzene rings is 1. The van der Waals surface area contributed by atoms with Gasteiger partial charge in [0.1, 0.15) is 0 Å². The molecule has 1 fully saturated rings. The lowest BCUT2D eigenvalue weighted by molar-refractivity contribution is -0.122. The number of nitrogens with one attached hydrogen (secondary N) is 1. The second-order valence-corrected chi connectivity index (χ2v) is 6.28. The van der Waals surface area contributed by atoms with Crippen LogP contribution >= 0.6 is 11.6 Å². The van der Waals surface area contributed by atoms with E-state index < -0.39 is 0 Å². The fraction of sp³-hybridized carbons (Fsp3) is 0.333. The van der Waals surface area contributed by atoms with E-state index in [4.69, 9.17) is 11.6 Å². The van der Waals surface area contributed by atoms with Crippen molar-refractivity contribution in [2.45, 2.75) is 6.54 Å². The summed E-state index contributed by atoms with van der Waals surface area (Å²) >= 11 is 6.05. The fourth-order valence-corrected chi connectivity index (χ4v) is 2.97. The molecule has 1 amide bonds. The third-order valence-corrected chi connectivity index (χ3v) is 4.34. The molecule has 0 saturated carbocycles. The SMILES string of the molecule is O=C(CN1CCN(c2cccc(Cl)c2)CC1)NCc1ccccn1. The van der Waals surface area contributed by atoms with Crippen LogP contribution in [0.2, 0.25) is 5.02 Å². The highest BCUT2D eigenvalue weighted by Crippen LogP contribution is 2.20. The van der Waals surface area contributed by atoms with Crippen LogP contribution in [0.25, 0.3) is 0 Å². The molecule has 0 aliphatic carbocycles. The Morgan fingerprint density at radius 1 is 1.12 bits per heavy atom. The van der Waals surface area contributed by atoms with Crippen LogP contribution in [0.3, 0.4) is 0 Å². The van der Waals surface area contributed by atoms with E-state index in [0.29, 0.717) is 13.1 Å². The molecule has 126 valence electrons. The quantitative estimate of drug-likeness (QED) is 0.903. The summed E-state index contributed by atoms with van der Waals surface area (Å²) in [4.78, 5) is 20.7. The number of carbonyl (C=O) groups is 1. The molecule has 1 aromatic carbocycles. The third kappa shape index (κ3) is 4.69. The lowest BCUT2D eigenvalue weighted by Crippen LogP contribution is -2.49. The molecule has 3 rings (SSSR count). The van der Waals surface area contributed by atoms with E-state index in [2.05, 4.69) is 26.2 Å². The molecule has 1 saturated heterocycles. The molecule has 1 N–H and O–H groups in total. The molecule has 0 spiro atoms. The second-order valence-electron chi connectivity index (χ2n) is 5.84. The van der Waals surface area contributed by atoms with Crippen LogP contribution < -0.4 is 10.2 Å². The number of halogens is 1. The van der Waals surface area contributed by atoms with Gasteiger partial charge in [-0.3, -0.25) is 14.7 Å². The Kier molecular flexibility index (Phi) is 5.67. The summed E-state index contributed by atoms with van der Waals surface area (Å²) in [5.74, 6) is 0.0388. The van der Waals surface area contributed by atoms with Crippen molar-refractivity contribution in [2.24, 2.45) is 0 Å². The molecule has 0 radical (unpaired) electrons. The van der Waals surface area contributed by atoms with Crippen molar-refractivity contribution in [3.8, 4) is 0 Å². The van der Waals surface area contributed by atoms with Crippen LogP contribution in [0.5, 0.6) is 0 Å². The maximum atomic E-state index is 12.1. The molecule has 24 heavy (non-hydrogen) atoms. The predicted molar refractivity (Wildman–Crippen MR) is 96.2 cm³/mol. The van der Waals surface area contributed by atoms with Gasteiger partial charge in [0.25, 0.3) is 0 Å². The largest absolute Gasteiger partial charge is 0.369 e. The summed E-state index contributed by atoms with van der Waals surface area (Å²) in [6.45, 7) is 4.42. The number of rotatable bonds is 5. The molecule has 5 nitrogen and oxygen atoms in total. The van der Waals surface area contributed by atoms with Gasteiger partial charge in [-0.2, -0.15) is 0 Å². The molecule has 0 unspecified atom stereocenters. The van der Waals surface area contributed by atoms with E-state index >= 15 is 0 Å². The van der Waals surface area contributed by atoms with Gasteiger partial charge < -0.3 is 10.2 Å². The lowest BCUT2D eigenvalue weighted by Gasteiger charge is -2.35. The minimum absolute atomic E-state index is 0.0388. The molecule has 1 aliphatic rings. The van der Waals surface area contributed by atoms with Crippen molar-refractivity contribution in [3.05, 3.63) is 59.4 Å². The molecular formula is C18H21ClN4O. The summed E-state index contributed by atoms with van der Waals surface area (Å²) in [6, 6.07) is 13.6. The number of pyridine rings is 1. The normalized spacial score (nSPS) is 15.3. The standard InChI is InChI=1S/C18H21ClN4O/c19-15-4-3-6-17(12-15)23-10-8-22(9-11-23)14-18(24)21-13-16-5-1-2-7-20-16/h1-7,12H,8-11,13-14H2,(H,21,24). The topological polar surface area (TPSA) is 48.5 Å². The van der Waals surface area contributed by atoms with Crippen molar-refractivity contribution >= 4 is 23.2 Å². The van der Waals surface area contributed by atoms with E-state index in [1.807, 2.05) is 36.4 Å². The molecular weight excluding hydrogens is 324 g/mol. The zero-order valence-corrected chi connectivity index (χ0v) is 14.2. The molecule has 6 heteroatoms. The van der Waals surface area contributed by atoms with Gasteiger partial charge in [0.2, 0.25) is 5.91 Å². The van der Waals surface area contributed by atoms with Gasteiger partial charge in [0, 0.05) is 43.1 Å². The van der Waals surface area contributed by atoms with Crippen LogP contribution in [0.4, 0.5) is 5.69 Å². The Morgan fingerprint density at radius 3 is 2.67 bits per heavy atom. The van der Waals surface area contributed by atoms with E-state index in [1.54, 1.807) is 6.20 Å². The number of aromatic nitrogens is 1. The average molecular weight is 345 g/mol. The van der Waals surface area contributed by atoms with Gasteiger partial charge in [-0.1, -0.05) is 23.7 Å².